The molecule has 6 nitrogen and oxygen atoms in total. The second-order valence-electron chi connectivity index (χ2n) is 7.69. The number of rotatable bonds is 3. The molecule has 26 heavy (non-hydrogen) atoms. The Labute approximate surface area is 154 Å². The number of para-hydroxylation sites is 1. The third-order valence-corrected chi connectivity index (χ3v) is 5.77. The maximum atomic E-state index is 12.7. The van der Waals surface area contributed by atoms with E-state index in [0.29, 0.717) is 19.6 Å². The highest BCUT2D eigenvalue weighted by Crippen LogP contribution is 2.31. The Balaban J connectivity index is 1.45. The summed E-state index contributed by atoms with van der Waals surface area (Å²) in [5.41, 5.74) is 0.462. The van der Waals surface area contributed by atoms with Gasteiger partial charge in [-0.15, -0.1) is 0 Å². The van der Waals surface area contributed by atoms with Crippen molar-refractivity contribution in [3.63, 3.8) is 0 Å². The van der Waals surface area contributed by atoms with Gasteiger partial charge in [0.1, 0.15) is 12.2 Å². The van der Waals surface area contributed by atoms with Crippen LogP contribution in [0.25, 0.3) is 0 Å². The summed E-state index contributed by atoms with van der Waals surface area (Å²) >= 11 is 0. The van der Waals surface area contributed by atoms with Crippen molar-refractivity contribution in [2.45, 2.75) is 31.3 Å². The molecule has 6 heteroatoms. The molecule has 3 aliphatic heterocycles. The van der Waals surface area contributed by atoms with Crippen molar-refractivity contribution in [2.75, 3.05) is 50.8 Å². The van der Waals surface area contributed by atoms with Crippen molar-refractivity contribution < 1.29 is 14.3 Å². The summed E-state index contributed by atoms with van der Waals surface area (Å²) in [7, 11) is 0. The maximum Gasteiger partial charge on any atom is 0.253 e. The quantitative estimate of drug-likeness (QED) is 0.823. The fourth-order valence-corrected chi connectivity index (χ4v) is 4.35. The number of piperidine rings is 1. The van der Waals surface area contributed by atoms with Gasteiger partial charge in [0.05, 0.1) is 19.6 Å². The lowest BCUT2D eigenvalue weighted by Crippen LogP contribution is -2.62. The van der Waals surface area contributed by atoms with Crippen LogP contribution in [-0.4, -0.2) is 73.1 Å². The molecule has 3 fully saturated rings. The van der Waals surface area contributed by atoms with Crippen LogP contribution < -0.4 is 4.90 Å². The summed E-state index contributed by atoms with van der Waals surface area (Å²) in [6.45, 7) is 4.53. The van der Waals surface area contributed by atoms with Gasteiger partial charge in [-0.1, -0.05) is 18.2 Å². The van der Waals surface area contributed by atoms with Crippen LogP contribution in [-0.2, 0) is 14.3 Å². The first kappa shape index (κ1) is 17.5. The molecule has 0 bridgehead atoms. The van der Waals surface area contributed by atoms with E-state index in [2.05, 4.69) is 4.90 Å². The summed E-state index contributed by atoms with van der Waals surface area (Å²) in [4.78, 5) is 31.1. The van der Waals surface area contributed by atoms with Crippen molar-refractivity contribution in [1.29, 1.82) is 0 Å². The Hall–Kier alpha value is -1.92. The molecule has 1 unspecified atom stereocenters. The molecule has 140 valence electrons. The third-order valence-electron chi connectivity index (χ3n) is 5.77. The van der Waals surface area contributed by atoms with Crippen LogP contribution in [0.3, 0.4) is 0 Å². The van der Waals surface area contributed by atoms with Crippen LogP contribution in [0, 0.1) is 0 Å². The molecule has 4 rings (SSSR count). The smallest absolute Gasteiger partial charge is 0.253 e. The van der Waals surface area contributed by atoms with Crippen LogP contribution in [0.5, 0.6) is 0 Å². The zero-order valence-electron chi connectivity index (χ0n) is 15.2. The molecular weight excluding hydrogens is 330 g/mol. The molecule has 3 heterocycles. The largest absolute Gasteiger partial charge is 0.361 e. The lowest BCUT2D eigenvalue weighted by atomic mass is 9.90. The minimum Gasteiger partial charge on any atom is -0.361 e. The van der Waals surface area contributed by atoms with Crippen molar-refractivity contribution in [2.24, 2.45) is 0 Å². The molecule has 2 amide bonds. The van der Waals surface area contributed by atoms with E-state index >= 15 is 0 Å². The van der Waals surface area contributed by atoms with Crippen molar-refractivity contribution in [3.05, 3.63) is 30.3 Å². The molecule has 1 spiro atoms. The number of carbonyl (C=O) groups excluding carboxylic acids is 2. The zero-order valence-corrected chi connectivity index (χ0v) is 15.2. The normalized spacial score (nSPS) is 27.3. The van der Waals surface area contributed by atoms with Gasteiger partial charge in [-0.3, -0.25) is 14.5 Å². The average molecular weight is 357 g/mol. The van der Waals surface area contributed by atoms with E-state index in [9.17, 15) is 9.59 Å². The van der Waals surface area contributed by atoms with E-state index in [4.69, 9.17) is 4.74 Å². The second kappa shape index (κ2) is 7.37. The molecule has 0 radical (unpaired) electrons. The van der Waals surface area contributed by atoms with E-state index in [0.717, 1.165) is 38.2 Å². The number of likely N-dealkylation sites (tertiary alicyclic amines) is 2. The fraction of sp³-hybridized carbons (Fsp3) is 0.600. The van der Waals surface area contributed by atoms with E-state index in [1.165, 1.54) is 12.8 Å². The summed E-state index contributed by atoms with van der Waals surface area (Å²) < 4.78 is 6.02. The van der Waals surface area contributed by atoms with Crippen molar-refractivity contribution >= 4 is 17.5 Å². The van der Waals surface area contributed by atoms with Gasteiger partial charge in [-0.2, -0.15) is 0 Å². The Morgan fingerprint density at radius 2 is 1.81 bits per heavy atom. The highest BCUT2D eigenvalue weighted by atomic mass is 16.5. The molecular formula is C20H27N3O3. The van der Waals surface area contributed by atoms with Gasteiger partial charge in [0.15, 0.2) is 0 Å². The highest BCUT2D eigenvalue weighted by molar-refractivity contribution is 5.95. The van der Waals surface area contributed by atoms with Gasteiger partial charge in [0.2, 0.25) is 5.91 Å². The van der Waals surface area contributed by atoms with Crippen LogP contribution in [0.4, 0.5) is 5.69 Å². The predicted octanol–water partition coefficient (Wildman–Crippen LogP) is 1.51. The molecule has 0 saturated carbocycles. The standard InChI is InChI=1S/C20H27N3O3/c24-18(13-21-10-4-5-11-21)22-12-6-9-20(15-22)16-23(19(25)14-26-20)17-7-2-1-3-8-17/h1-3,7-8H,4-6,9-16H2. The SMILES string of the molecule is O=C(CN1CCCC1)N1CCCC2(C1)CN(c1ccccc1)C(=O)CO2. The van der Waals surface area contributed by atoms with E-state index in [-0.39, 0.29) is 18.4 Å². The van der Waals surface area contributed by atoms with Gasteiger partial charge in [-0.05, 0) is 50.9 Å². The summed E-state index contributed by atoms with van der Waals surface area (Å²) in [6.07, 6.45) is 4.18. The van der Waals surface area contributed by atoms with E-state index in [1.807, 2.05) is 40.1 Å². The predicted molar refractivity (Wildman–Crippen MR) is 99.0 cm³/mol. The van der Waals surface area contributed by atoms with Crippen LogP contribution in [0.15, 0.2) is 30.3 Å². The lowest BCUT2D eigenvalue weighted by Gasteiger charge is -2.47. The van der Waals surface area contributed by atoms with Gasteiger partial charge in [-0.25, -0.2) is 0 Å². The van der Waals surface area contributed by atoms with Crippen molar-refractivity contribution in [1.82, 2.24) is 9.80 Å². The Kier molecular flexibility index (Phi) is 4.96. The van der Waals surface area contributed by atoms with Gasteiger partial charge < -0.3 is 14.5 Å². The van der Waals surface area contributed by atoms with Crippen LogP contribution in [0.1, 0.15) is 25.7 Å². The molecule has 0 aliphatic carbocycles. The minimum atomic E-state index is -0.442. The number of hydrogen-bond donors (Lipinski definition) is 0. The number of nitrogens with zero attached hydrogens (tertiary/aromatic N) is 3. The summed E-state index contributed by atoms with van der Waals surface area (Å²) in [5.74, 6) is 0.181. The Morgan fingerprint density at radius 1 is 1.04 bits per heavy atom. The molecule has 0 aromatic heterocycles. The number of benzene rings is 1. The number of morpholine rings is 1. The zero-order chi connectivity index (χ0) is 18.0. The van der Waals surface area contributed by atoms with Gasteiger partial charge in [0.25, 0.3) is 5.91 Å². The molecule has 1 aromatic carbocycles. The van der Waals surface area contributed by atoms with Gasteiger partial charge >= 0.3 is 0 Å². The number of anilines is 1. The summed E-state index contributed by atoms with van der Waals surface area (Å²) in [5, 5.41) is 0. The number of amides is 2. The third kappa shape index (κ3) is 3.62. The Morgan fingerprint density at radius 3 is 2.58 bits per heavy atom. The lowest BCUT2D eigenvalue weighted by molar-refractivity contribution is -0.153. The molecule has 0 N–H and O–H groups in total. The molecule has 3 saturated heterocycles. The number of carbonyl (C=O) groups is 2. The minimum absolute atomic E-state index is 0.0117. The fourth-order valence-electron chi connectivity index (χ4n) is 4.35. The first-order valence-corrected chi connectivity index (χ1v) is 9.65. The highest BCUT2D eigenvalue weighted by Gasteiger charge is 2.44. The van der Waals surface area contributed by atoms with E-state index < -0.39 is 5.60 Å². The molecule has 1 aromatic rings. The van der Waals surface area contributed by atoms with E-state index in [1.54, 1.807) is 0 Å². The number of ether oxygens (including phenoxy) is 1. The van der Waals surface area contributed by atoms with Crippen molar-refractivity contribution in [3.8, 4) is 0 Å². The maximum absolute atomic E-state index is 12.7. The summed E-state index contributed by atoms with van der Waals surface area (Å²) in [6, 6.07) is 9.74. The first-order valence-electron chi connectivity index (χ1n) is 9.65. The topological polar surface area (TPSA) is 53.1 Å². The first-order chi connectivity index (χ1) is 12.7. The second-order valence-corrected chi connectivity index (χ2v) is 7.69. The van der Waals surface area contributed by atoms with Crippen LogP contribution >= 0.6 is 0 Å². The molecule has 1 atom stereocenters. The van der Waals surface area contributed by atoms with Gasteiger partial charge in [0, 0.05) is 12.2 Å². The number of hydrogen-bond acceptors (Lipinski definition) is 4. The van der Waals surface area contributed by atoms with Crippen LogP contribution in [0.2, 0.25) is 0 Å². The Bertz CT molecular complexity index is 660. The monoisotopic (exact) mass is 357 g/mol. The average Bonchev–Trinajstić information content (AvgIpc) is 3.18. The molecule has 3 aliphatic rings.